The van der Waals surface area contributed by atoms with Crippen molar-refractivity contribution in [1.29, 1.82) is 0 Å². The Morgan fingerprint density at radius 1 is 1.24 bits per heavy atom. The van der Waals surface area contributed by atoms with Crippen LogP contribution in [-0.4, -0.2) is 31.1 Å². The van der Waals surface area contributed by atoms with Crippen LogP contribution in [0.1, 0.15) is 38.7 Å². The predicted octanol–water partition coefficient (Wildman–Crippen LogP) is 3.09. The van der Waals surface area contributed by atoms with E-state index in [1.54, 1.807) is 0 Å². The van der Waals surface area contributed by atoms with Gasteiger partial charge in [0.15, 0.2) is 5.79 Å². The summed E-state index contributed by atoms with van der Waals surface area (Å²) < 4.78 is 16.5. The predicted molar refractivity (Wildman–Crippen MR) is 79.8 cm³/mol. The molecule has 2 unspecified atom stereocenters. The lowest BCUT2D eigenvalue weighted by atomic mass is 9.99. The smallest absolute Gasteiger partial charge is 0.308 e. The van der Waals surface area contributed by atoms with Gasteiger partial charge in [0.25, 0.3) is 0 Å². The van der Waals surface area contributed by atoms with Crippen LogP contribution in [0.5, 0.6) is 0 Å². The molecule has 0 saturated carbocycles. The molecule has 2 rings (SSSR count). The topological polar surface area (TPSA) is 44.8 Å². The van der Waals surface area contributed by atoms with Crippen molar-refractivity contribution in [3.05, 3.63) is 35.9 Å². The van der Waals surface area contributed by atoms with Crippen LogP contribution < -0.4 is 0 Å². The van der Waals surface area contributed by atoms with Gasteiger partial charge in [0.05, 0.1) is 25.7 Å². The minimum absolute atomic E-state index is 0.101. The lowest BCUT2D eigenvalue weighted by Crippen LogP contribution is -2.45. The van der Waals surface area contributed by atoms with E-state index >= 15 is 0 Å². The average Bonchev–Trinajstić information content (AvgIpc) is 2.44. The third-order valence-corrected chi connectivity index (χ3v) is 3.65. The summed E-state index contributed by atoms with van der Waals surface area (Å²) in [5, 5.41) is 0. The first-order valence-electron chi connectivity index (χ1n) is 7.45. The largest absolute Gasteiger partial charge is 0.469 e. The van der Waals surface area contributed by atoms with Crippen LogP contribution in [-0.2, 0) is 25.4 Å². The van der Waals surface area contributed by atoms with Gasteiger partial charge in [-0.15, -0.1) is 0 Å². The number of hydrogen-bond donors (Lipinski definition) is 0. The Balaban J connectivity index is 1.91. The number of aryl methyl sites for hydroxylation is 1. The van der Waals surface area contributed by atoms with Gasteiger partial charge in [0.1, 0.15) is 0 Å². The molecule has 21 heavy (non-hydrogen) atoms. The third-order valence-electron chi connectivity index (χ3n) is 3.65. The van der Waals surface area contributed by atoms with E-state index in [2.05, 4.69) is 12.1 Å². The Morgan fingerprint density at radius 2 is 1.90 bits per heavy atom. The molecule has 0 N–H and O–H groups in total. The van der Waals surface area contributed by atoms with Gasteiger partial charge in [-0.1, -0.05) is 30.3 Å². The summed E-state index contributed by atoms with van der Waals surface area (Å²) in [7, 11) is 1.40. The van der Waals surface area contributed by atoms with Crippen molar-refractivity contribution < 1.29 is 19.0 Å². The van der Waals surface area contributed by atoms with Crippen molar-refractivity contribution in [2.24, 2.45) is 0 Å². The summed E-state index contributed by atoms with van der Waals surface area (Å²) in [4.78, 5) is 11.4. The quantitative estimate of drug-likeness (QED) is 0.782. The van der Waals surface area contributed by atoms with Gasteiger partial charge in [-0.3, -0.25) is 4.79 Å². The van der Waals surface area contributed by atoms with Crippen molar-refractivity contribution >= 4 is 5.97 Å². The SMILES string of the molecule is COC(=O)CC1CC(CCc2ccccc2)OC(C)(C)O1. The first-order chi connectivity index (χ1) is 9.98. The molecule has 0 aliphatic carbocycles. The van der Waals surface area contributed by atoms with Crippen LogP contribution in [0, 0.1) is 0 Å². The molecule has 1 aliphatic heterocycles. The molecule has 0 bridgehead atoms. The van der Waals surface area contributed by atoms with Gasteiger partial charge in [-0.2, -0.15) is 0 Å². The van der Waals surface area contributed by atoms with E-state index in [4.69, 9.17) is 14.2 Å². The standard InChI is InChI=1S/C17H24O4/c1-17(2)20-14(10-9-13-7-5-4-6-8-13)11-15(21-17)12-16(18)19-3/h4-8,14-15H,9-12H2,1-3H3. The number of rotatable bonds is 5. The molecule has 4 heteroatoms. The molecule has 1 fully saturated rings. The summed E-state index contributed by atoms with van der Waals surface area (Å²) in [5.74, 6) is -0.891. The fourth-order valence-corrected chi connectivity index (χ4v) is 2.76. The maximum Gasteiger partial charge on any atom is 0.308 e. The molecular weight excluding hydrogens is 268 g/mol. The number of benzene rings is 1. The van der Waals surface area contributed by atoms with E-state index in [0.29, 0.717) is 0 Å². The second kappa shape index (κ2) is 7.05. The molecule has 1 saturated heterocycles. The zero-order valence-corrected chi connectivity index (χ0v) is 13.0. The van der Waals surface area contributed by atoms with Gasteiger partial charge < -0.3 is 14.2 Å². The molecule has 4 nitrogen and oxygen atoms in total. The van der Waals surface area contributed by atoms with E-state index in [1.165, 1.54) is 12.7 Å². The first-order valence-corrected chi connectivity index (χ1v) is 7.45. The van der Waals surface area contributed by atoms with E-state index in [-0.39, 0.29) is 24.6 Å². The van der Waals surface area contributed by atoms with Crippen molar-refractivity contribution in [3.63, 3.8) is 0 Å². The van der Waals surface area contributed by atoms with Gasteiger partial charge in [-0.05, 0) is 32.3 Å². The Hall–Kier alpha value is -1.39. The molecule has 0 aromatic heterocycles. The number of carbonyl (C=O) groups excluding carboxylic acids is 1. The molecule has 1 aromatic rings. The Morgan fingerprint density at radius 3 is 2.57 bits per heavy atom. The number of esters is 1. The molecule has 0 amide bonds. The van der Waals surface area contributed by atoms with Crippen LogP contribution in [0.2, 0.25) is 0 Å². The second-order valence-electron chi connectivity index (χ2n) is 5.92. The fraction of sp³-hybridized carbons (Fsp3) is 0.588. The minimum Gasteiger partial charge on any atom is -0.469 e. The maximum absolute atomic E-state index is 11.4. The third kappa shape index (κ3) is 5.14. The van der Waals surface area contributed by atoms with Crippen molar-refractivity contribution in [1.82, 2.24) is 0 Å². The van der Waals surface area contributed by atoms with Crippen LogP contribution in [0.25, 0.3) is 0 Å². The summed E-state index contributed by atoms with van der Waals surface area (Å²) >= 11 is 0. The highest BCUT2D eigenvalue weighted by atomic mass is 16.7. The maximum atomic E-state index is 11.4. The Bertz CT molecular complexity index is 455. The van der Waals surface area contributed by atoms with Gasteiger partial charge >= 0.3 is 5.97 Å². The number of carbonyl (C=O) groups is 1. The lowest BCUT2D eigenvalue weighted by molar-refractivity contribution is -0.300. The highest BCUT2D eigenvalue weighted by Gasteiger charge is 2.36. The summed E-state index contributed by atoms with van der Waals surface area (Å²) in [5.41, 5.74) is 1.30. The number of ether oxygens (including phenoxy) is 3. The van der Waals surface area contributed by atoms with E-state index in [0.717, 1.165) is 19.3 Å². The molecule has 0 spiro atoms. The number of methoxy groups -OCH3 is 1. The van der Waals surface area contributed by atoms with Crippen LogP contribution in [0.15, 0.2) is 30.3 Å². The zero-order chi connectivity index (χ0) is 15.3. The molecule has 0 radical (unpaired) electrons. The normalized spacial score (nSPS) is 24.5. The van der Waals surface area contributed by atoms with Gasteiger partial charge in [-0.25, -0.2) is 0 Å². The Kier molecular flexibility index (Phi) is 5.37. The number of hydrogen-bond acceptors (Lipinski definition) is 4. The van der Waals surface area contributed by atoms with Crippen LogP contribution >= 0.6 is 0 Å². The van der Waals surface area contributed by atoms with Crippen LogP contribution in [0.3, 0.4) is 0 Å². The molecule has 1 aromatic carbocycles. The monoisotopic (exact) mass is 292 g/mol. The average molecular weight is 292 g/mol. The lowest BCUT2D eigenvalue weighted by Gasteiger charge is -2.40. The Labute approximate surface area is 126 Å². The molecule has 116 valence electrons. The summed E-state index contributed by atoms with van der Waals surface area (Å²) in [6.45, 7) is 3.79. The molecular formula is C17H24O4. The molecule has 1 heterocycles. The van der Waals surface area contributed by atoms with Crippen LogP contribution in [0.4, 0.5) is 0 Å². The first kappa shape index (κ1) is 16.0. The van der Waals surface area contributed by atoms with E-state index in [9.17, 15) is 4.79 Å². The van der Waals surface area contributed by atoms with E-state index in [1.807, 2.05) is 32.0 Å². The highest BCUT2D eigenvalue weighted by Crippen LogP contribution is 2.30. The summed E-state index contributed by atoms with van der Waals surface area (Å²) in [6.07, 6.45) is 2.86. The molecule has 1 aliphatic rings. The minimum atomic E-state index is -0.654. The zero-order valence-electron chi connectivity index (χ0n) is 13.0. The fourth-order valence-electron chi connectivity index (χ4n) is 2.76. The summed E-state index contributed by atoms with van der Waals surface area (Å²) in [6, 6.07) is 10.4. The van der Waals surface area contributed by atoms with Gasteiger partial charge in [0, 0.05) is 6.42 Å². The van der Waals surface area contributed by atoms with Crippen molar-refractivity contribution in [3.8, 4) is 0 Å². The highest BCUT2D eigenvalue weighted by molar-refractivity contribution is 5.69. The van der Waals surface area contributed by atoms with Crippen molar-refractivity contribution in [2.75, 3.05) is 7.11 Å². The second-order valence-corrected chi connectivity index (χ2v) is 5.92. The molecule has 2 atom stereocenters. The van der Waals surface area contributed by atoms with Gasteiger partial charge in [0.2, 0.25) is 0 Å². The van der Waals surface area contributed by atoms with E-state index < -0.39 is 5.79 Å². The van der Waals surface area contributed by atoms with Crippen molar-refractivity contribution in [2.45, 2.75) is 57.5 Å².